The van der Waals surface area contributed by atoms with Gasteiger partial charge in [0.05, 0.1) is 0 Å². The summed E-state index contributed by atoms with van der Waals surface area (Å²) < 4.78 is 0.723. The lowest BCUT2D eigenvalue weighted by molar-refractivity contribution is 0.0944. The van der Waals surface area contributed by atoms with E-state index < -0.39 is 5.41 Å². The van der Waals surface area contributed by atoms with Crippen molar-refractivity contribution in [1.82, 2.24) is 5.32 Å². The number of nitrogens with one attached hydrogen (secondary N) is 1. The average molecular weight is 349 g/mol. The van der Waals surface area contributed by atoms with Crippen LogP contribution in [0.1, 0.15) is 24.2 Å². The first-order valence-corrected chi connectivity index (χ1v) is 6.65. The maximum absolute atomic E-state index is 12.0. The van der Waals surface area contributed by atoms with Crippen LogP contribution >= 0.6 is 27.5 Å². The number of nitrogens with two attached hydrogens (primary N) is 1. The lowest BCUT2D eigenvalue weighted by Crippen LogP contribution is -2.42. The van der Waals surface area contributed by atoms with Crippen molar-refractivity contribution in [3.63, 3.8) is 0 Å². The third-order valence-electron chi connectivity index (χ3n) is 2.62. The van der Waals surface area contributed by atoms with Crippen LogP contribution in [0.4, 0.5) is 0 Å². The maximum atomic E-state index is 12.0. The predicted octanol–water partition coefficient (Wildman–Crippen LogP) is 2.60. The smallest absolute Gasteiger partial charge is 0.251 e. The number of rotatable bonds is 4. The molecular weight excluding hydrogens is 334 g/mol. The van der Waals surface area contributed by atoms with Crippen molar-refractivity contribution in [1.29, 1.82) is 0 Å². The highest BCUT2D eigenvalue weighted by Crippen LogP contribution is 2.20. The quantitative estimate of drug-likeness (QED) is 0.338. The van der Waals surface area contributed by atoms with E-state index in [1.165, 1.54) is 0 Å². The largest absolute Gasteiger partial charge is 0.409 e. The van der Waals surface area contributed by atoms with Gasteiger partial charge in [0.15, 0.2) is 0 Å². The highest BCUT2D eigenvalue weighted by atomic mass is 79.9. The minimum absolute atomic E-state index is 0.0556. The zero-order chi connectivity index (χ0) is 14.6. The first-order chi connectivity index (χ1) is 8.76. The molecule has 0 radical (unpaired) electrons. The van der Waals surface area contributed by atoms with Gasteiger partial charge in [-0.05, 0) is 18.2 Å². The van der Waals surface area contributed by atoms with Gasteiger partial charge in [-0.2, -0.15) is 0 Å². The molecule has 0 aliphatic rings. The molecule has 1 rings (SSSR count). The van der Waals surface area contributed by atoms with Gasteiger partial charge >= 0.3 is 0 Å². The third-order valence-corrected chi connectivity index (χ3v) is 3.29. The van der Waals surface area contributed by atoms with E-state index in [0.29, 0.717) is 10.6 Å². The molecular formula is C12H15BrClN3O2. The lowest BCUT2D eigenvalue weighted by atomic mass is 9.92. The molecule has 19 heavy (non-hydrogen) atoms. The van der Waals surface area contributed by atoms with E-state index in [9.17, 15) is 4.79 Å². The van der Waals surface area contributed by atoms with Crippen molar-refractivity contribution in [2.75, 3.05) is 6.54 Å². The number of oxime groups is 1. The molecule has 1 aromatic carbocycles. The zero-order valence-corrected chi connectivity index (χ0v) is 12.9. The van der Waals surface area contributed by atoms with Gasteiger partial charge < -0.3 is 16.3 Å². The molecule has 0 saturated carbocycles. The van der Waals surface area contributed by atoms with Crippen LogP contribution < -0.4 is 11.1 Å². The second-order valence-electron chi connectivity index (χ2n) is 4.71. The van der Waals surface area contributed by atoms with Crippen LogP contribution in [0.25, 0.3) is 0 Å². The third kappa shape index (κ3) is 4.40. The van der Waals surface area contributed by atoms with E-state index in [0.717, 1.165) is 4.47 Å². The summed E-state index contributed by atoms with van der Waals surface area (Å²) in [6.07, 6.45) is 0. The number of amidine groups is 1. The average Bonchev–Trinajstić information content (AvgIpc) is 2.33. The number of carbonyl (C=O) groups excluding carboxylic acids is 1. The highest BCUT2D eigenvalue weighted by molar-refractivity contribution is 9.10. The van der Waals surface area contributed by atoms with Crippen molar-refractivity contribution in [3.8, 4) is 0 Å². The normalized spacial score (nSPS) is 12.3. The van der Waals surface area contributed by atoms with Gasteiger partial charge in [-0.1, -0.05) is 46.5 Å². The topological polar surface area (TPSA) is 87.7 Å². The van der Waals surface area contributed by atoms with Crippen molar-refractivity contribution >= 4 is 39.3 Å². The second kappa shape index (κ2) is 6.25. The SMILES string of the molecule is CC(C)(CNC(=O)c1cc(Cl)cc(Br)c1)/C(N)=N/O. The minimum Gasteiger partial charge on any atom is -0.409 e. The summed E-state index contributed by atoms with van der Waals surface area (Å²) in [7, 11) is 0. The first-order valence-electron chi connectivity index (χ1n) is 5.48. The number of hydrogen-bond acceptors (Lipinski definition) is 3. The summed E-state index contributed by atoms with van der Waals surface area (Å²) in [6, 6.07) is 4.93. The molecule has 0 bridgehead atoms. The molecule has 7 heteroatoms. The van der Waals surface area contributed by atoms with E-state index in [1.807, 2.05) is 0 Å². The summed E-state index contributed by atoms with van der Waals surface area (Å²) in [4.78, 5) is 12.0. The Labute approximate surface area is 124 Å². The van der Waals surface area contributed by atoms with Crippen LogP contribution in [0.3, 0.4) is 0 Å². The van der Waals surface area contributed by atoms with Gasteiger partial charge in [-0.15, -0.1) is 0 Å². The number of benzene rings is 1. The molecule has 0 atom stereocenters. The molecule has 1 aromatic rings. The van der Waals surface area contributed by atoms with E-state index in [1.54, 1.807) is 32.0 Å². The summed E-state index contributed by atoms with van der Waals surface area (Å²) in [6.45, 7) is 3.76. The van der Waals surface area contributed by atoms with Gasteiger partial charge in [0.1, 0.15) is 5.84 Å². The Kier molecular flexibility index (Phi) is 5.20. The van der Waals surface area contributed by atoms with Crippen LogP contribution in [0.2, 0.25) is 5.02 Å². The summed E-state index contributed by atoms with van der Waals surface area (Å²) >= 11 is 9.14. The molecule has 1 amide bonds. The van der Waals surface area contributed by atoms with E-state index >= 15 is 0 Å². The van der Waals surface area contributed by atoms with E-state index in [4.69, 9.17) is 22.5 Å². The molecule has 5 nitrogen and oxygen atoms in total. The fourth-order valence-corrected chi connectivity index (χ4v) is 2.17. The standard InChI is InChI=1S/C12H15BrClN3O2/c1-12(2,11(15)17-19)6-16-10(18)7-3-8(13)5-9(14)4-7/h3-5,19H,6H2,1-2H3,(H2,15,17)(H,16,18). The Morgan fingerprint density at radius 3 is 2.68 bits per heavy atom. The Morgan fingerprint density at radius 1 is 1.53 bits per heavy atom. The maximum Gasteiger partial charge on any atom is 0.251 e. The van der Waals surface area contributed by atoms with Gasteiger partial charge in [-0.25, -0.2) is 0 Å². The summed E-state index contributed by atoms with van der Waals surface area (Å²) in [5.41, 5.74) is 5.34. The second-order valence-corrected chi connectivity index (χ2v) is 6.06. The predicted molar refractivity (Wildman–Crippen MR) is 78.7 cm³/mol. The number of hydrogen-bond donors (Lipinski definition) is 3. The molecule has 0 aliphatic carbocycles. The van der Waals surface area contributed by atoms with Gasteiger partial charge in [0.25, 0.3) is 5.91 Å². The number of halogens is 2. The molecule has 0 spiro atoms. The molecule has 0 aromatic heterocycles. The first kappa shape index (κ1) is 15.8. The van der Waals surface area contributed by atoms with E-state index in [-0.39, 0.29) is 18.3 Å². The Morgan fingerprint density at radius 2 is 2.16 bits per heavy atom. The summed E-state index contributed by atoms with van der Waals surface area (Å²) in [5, 5.41) is 14.8. The van der Waals surface area contributed by atoms with Crippen LogP contribution in [-0.4, -0.2) is 23.5 Å². The summed E-state index contributed by atoms with van der Waals surface area (Å²) in [5.74, 6) is -0.220. The lowest BCUT2D eigenvalue weighted by Gasteiger charge is -2.23. The minimum atomic E-state index is -0.639. The molecule has 0 heterocycles. The van der Waals surface area contributed by atoms with Crippen LogP contribution in [0.5, 0.6) is 0 Å². The molecule has 0 aliphatic heterocycles. The van der Waals surface area contributed by atoms with Crippen molar-refractivity contribution in [2.45, 2.75) is 13.8 Å². The van der Waals surface area contributed by atoms with Crippen molar-refractivity contribution in [3.05, 3.63) is 33.3 Å². The molecule has 0 fully saturated rings. The van der Waals surface area contributed by atoms with Crippen LogP contribution in [0, 0.1) is 5.41 Å². The molecule has 104 valence electrons. The van der Waals surface area contributed by atoms with Gasteiger partial charge in [0.2, 0.25) is 0 Å². The van der Waals surface area contributed by atoms with Crippen LogP contribution in [-0.2, 0) is 0 Å². The number of amides is 1. The van der Waals surface area contributed by atoms with Crippen molar-refractivity contribution in [2.24, 2.45) is 16.3 Å². The van der Waals surface area contributed by atoms with E-state index in [2.05, 4.69) is 26.4 Å². The fourth-order valence-electron chi connectivity index (χ4n) is 1.31. The molecule has 4 N–H and O–H groups in total. The van der Waals surface area contributed by atoms with Gasteiger partial charge in [0, 0.05) is 27.0 Å². The Balaban J connectivity index is 2.76. The Hall–Kier alpha value is -1.27. The Bertz CT molecular complexity index is 497. The number of carbonyl (C=O) groups is 1. The molecule has 0 unspecified atom stereocenters. The van der Waals surface area contributed by atoms with Crippen molar-refractivity contribution < 1.29 is 10.0 Å². The number of nitrogens with zero attached hydrogens (tertiary/aromatic N) is 1. The zero-order valence-electron chi connectivity index (χ0n) is 10.6. The molecule has 0 saturated heterocycles. The monoisotopic (exact) mass is 347 g/mol. The highest BCUT2D eigenvalue weighted by Gasteiger charge is 2.24. The van der Waals surface area contributed by atoms with Gasteiger partial charge in [-0.3, -0.25) is 4.79 Å². The van der Waals surface area contributed by atoms with Crippen LogP contribution in [0.15, 0.2) is 27.8 Å². The fraction of sp³-hybridized carbons (Fsp3) is 0.333.